The fourth-order valence-electron chi connectivity index (χ4n) is 5.03. The third kappa shape index (κ3) is 4.19. The van der Waals surface area contributed by atoms with Crippen LogP contribution in [0.15, 0.2) is 59.3 Å². The van der Waals surface area contributed by atoms with Gasteiger partial charge in [0.05, 0.1) is 5.69 Å². The van der Waals surface area contributed by atoms with Crippen molar-refractivity contribution in [3.63, 3.8) is 0 Å². The third-order valence-electron chi connectivity index (χ3n) is 6.85. The van der Waals surface area contributed by atoms with Crippen molar-refractivity contribution in [3.8, 4) is 0 Å². The van der Waals surface area contributed by atoms with E-state index < -0.39 is 17.4 Å². The minimum atomic E-state index is -1.08. The Morgan fingerprint density at radius 3 is 2.65 bits per heavy atom. The maximum absolute atomic E-state index is 13.7. The molecule has 0 aliphatic carbocycles. The molecule has 3 aromatic rings. The third-order valence-corrected chi connectivity index (χ3v) is 8.42. The number of aromatic nitrogens is 1. The van der Waals surface area contributed by atoms with Gasteiger partial charge < -0.3 is 4.74 Å². The SMILES string of the molecule is O=C1CC(c2ccsc2)(c2cccc(CC3CCOCC3)n2)N(S)C(=O)C1c1ccccc1Cl. The first-order valence-corrected chi connectivity index (χ1v) is 13.1. The molecule has 1 amide bonds. The van der Waals surface area contributed by atoms with Crippen molar-refractivity contribution in [1.29, 1.82) is 0 Å². The molecule has 0 N–H and O–H groups in total. The molecule has 0 saturated carbocycles. The van der Waals surface area contributed by atoms with Gasteiger partial charge in [-0.25, -0.2) is 0 Å². The van der Waals surface area contributed by atoms with Gasteiger partial charge in [0, 0.05) is 30.4 Å². The van der Waals surface area contributed by atoms with Crippen LogP contribution in [-0.4, -0.2) is 34.2 Å². The van der Waals surface area contributed by atoms with Crippen LogP contribution in [0.1, 0.15) is 47.7 Å². The Morgan fingerprint density at radius 2 is 1.91 bits per heavy atom. The zero-order valence-corrected chi connectivity index (χ0v) is 21.0. The summed E-state index contributed by atoms with van der Waals surface area (Å²) in [5.41, 5.74) is 1.88. The molecule has 1 aromatic carbocycles. The van der Waals surface area contributed by atoms with Gasteiger partial charge in [-0.3, -0.25) is 18.9 Å². The molecule has 176 valence electrons. The van der Waals surface area contributed by atoms with E-state index in [1.807, 2.05) is 35.0 Å². The maximum atomic E-state index is 13.7. The number of amides is 1. The summed E-state index contributed by atoms with van der Waals surface area (Å²) in [5, 5.41) is 4.31. The number of halogens is 1. The Hall–Kier alpha value is -2.19. The Balaban J connectivity index is 1.55. The monoisotopic (exact) mass is 512 g/mol. The number of thiol groups is 1. The number of ketones is 1. The molecule has 2 atom stereocenters. The molecule has 5 rings (SSSR count). The summed E-state index contributed by atoms with van der Waals surface area (Å²) >= 11 is 12.6. The van der Waals surface area contributed by atoms with Crippen LogP contribution in [0.5, 0.6) is 0 Å². The molecule has 5 nitrogen and oxygen atoms in total. The number of hydrogen-bond donors (Lipinski definition) is 1. The van der Waals surface area contributed by atoms with Gasteiger partial charge in [-0.15, -0.1) is 0 Å². The Morgan fingerprint density at radius 1 is 1.12 bits per heavy atom. The summed E-state index contributed by atoms with van der Waals surface area (Å²) in [6.45, 7) is 1.56. The van der Waals surface area contributed by atoms with Gasteiger partial charge in [-0.2, -0.15) is 11.3 Å². The van der Waals surface area contributed by atoms with Gasteiger partial charge in [0.15, 0.2) is 5.78 Å². The van der Waals surface area contributed by atoms with E-state index in [2.05, 4.69) is 0 Å². The van der Waals surface area contributed by atoms with E-state index in [0.29, 0.717) is 22.2 Å². The van der Waals surface area contributed by atoms with Crippen molar-refractivity contribution in [1.82, 2.24) is 9.29 Å². The molecule has 0 spiro atoms. The van der Waals surface area contributed by atoms with Crippen LogP contribution < -0.4 is 0 Å². The molecular weight excluding hydrogens is 488 g/mol. The predicted molar refractivity (Wildman–Crippen MR) is 136 cm³/mol. The standard InChI is InChI=1S/C26H25ClN2O3S2/c27-21-6-2-1-5-20(21)24-22(30)15-26(29(33)25(24)31,18-10-13-34-16-18)23-7-3-4-19(28-23)14-17-8-11-32-12-9-17/h1-7,10,13,16-17,24,33H,8-9,11-12,14-15H2. The fraction of sp³-hybridized carbons (Fsp3) is 0.346. The molecule has 34 heavy (non-hydrogen) atoms. The number of rotatable bonds is 5. The van der Waals surface area contributed by atoms with E-state index in [1.165, 1.54) is 15.6 Å². The number of hydrogen-bond acceptors (Lipinski definition) is 6. The lowest BCUT2D eigenvalue weighted by atomic mass is 9.74. The molecule has 2 fully saturated rings. The first kappa shape index (κ1) is 23.5. The van der Waals surface area contributed by atoms with Gasteiger partial charge >= 0.3 is 0 Å². The highest BCUT2D eigenvalue weighted by Crippen LogP contribution is 2.47. The second-order valence-corrected chi connectivity index (χ2v) is 10.5. The highest BCUT2D eigenvalue weighted by molar-refractivity contribution is 7.78. The molecule has 2 saturated heterocycles. The van der Waals surface area contributed by atoms with Crippen LogP contribution >= 0.6 is 35.8 Å². The van der Waals surface area contributed by atoms with Crippen molar-refractivity contribution >= 4 is 47.4 Å². The molecule has 2 aliphatic heterocycles. The van der Waals surface area contributed by atoms with Crippen molar-refractivity contribution in [3.05, 3.63) is 86.8 Å². The van der Waals surface area contributed by atoms with E-state index in [4.69, 9.17) is 34.1 Å². The molecule has 2 aliphatic rings. The Kier molecular flexibility index (Phi) is 6.80. The minimum Gasteiger partial charge on any atom is -0.381 e. The molecule has 4 heterocycles. The van der Waals surface area contributed by atoms with E-state index in [1.54, 1.807) is 24.3 Å². The summed E-state index contributed by atoms with van der Waals surface area (Å²) in [4.78, 5) is 32.3. The number of ether oxygens (including phenoxy) is 1. The molecule has 0 radical (unpaired) electrons. The van der Waals surface area contributed by atoms with Crippen LogP contribution in [0.3, 0.4) is 0 Å². The Labute approximate surface area is 213 Å². The summed E-state index contributed by atoms with van der Waals surface area (Å²) in [5.74, 6) is -1.05. The highest BCUT2D eigenvalue weighted by atomic mass is 35.5. The summed E-state index contributed by atoms with van der Waals surface area (Å²) in [7, 11) is 0. The van der Waals surface area contributed by atoms with Gasteiger partial charge in [0.25, 0.3) is 0 Å². The molecule has 2 aromatic heterocycles. The van der Waals surface area contributed by atoms with E-state index in [9.17, 15) is 9.59 Å². The van der Waals surface area contributed by atoms with Gasteiger partial charge in [0.2, 0.25) is 5.91 Å². The first-order chi connectivity index (χ1) is 16.5. The molecule has 8 heteroatoms. The van der Waals surface area contributed by atoms with Crippen molar-refractivity contribution in [2.45, 2.75) is 37.1 Å². The lowest BCUT2D eigenvalue weighted by molar-refractivity contribution is -0.142. The zero-order valence-electron chi connectivity index (χ0n) is 18.5. The van der Waals surface area contributed by atoms with Gasteiger partial charge in [-0.1, -0.05) is 48.7 Å². The number of nitrogens with zero attached hydrogens (tertiary/aromatic N) is 2. The number of benzene rings is 1. The minimum absolute atomic E-state index is 0.0720. The predicted octanol–water partition coefficient (Wildman–Crippen LogP) is 5.44. The summed E-state index contributed by atoms with van der Waals surface area (Å²) < 4.78 is 6.90. The lowest BCUT2D eigenvalue weighted by Gasteiger charge is -2.45. The van der Waals surface area contributed by atoms with Gasteiger partial charge in [0.1, 0.15) is 11.5 Å². The second-order valence-electron chi connectivity index (χ2n) is 8.89. The van der Waals surface area contributed by atoms with Crippen LogP contribution in [-0.2, 0) is 26.3 Å². The number of carbonyl (C=O) groups excluding carboxylic acids is 2. The van der Waals surface area contributed by atoms with E-state index in [0.717, 1.165) is 43.7 Å². The number of Topliss-reactive ketones (excluding diaryl/α,β-unsaturated/α-hetero) is 1. The fourth-order valence-corrected chi connectivity index (χ4v) is 6.41. The number of carbonyl (C=O) groups is 2. The number of thiophene rings is 1. The molecule has 0 bridgehead atoms. The smallest absolute Gasteiger partial charge is 0.248 e. The van der Waals surface area contributed by atoms with Crippen molar-refractivity contribution in [2.75, 3.05) is 13.2 Å². The normalized spacial score (nSPS) is 23.9. The second kappa shape index (κ2) is 9.82. The van der Waals surface area contributed by atoms with Gasteiger partial charge in [-0.05, 0) is 71.3 Å². The largest absolute Gasteiger partial charge is 0.381 e. The van der Waals surface area contributed by atoms with Crippen molar-refractivity contribution < 1.29 is 14.3 Å². The average molecular weight is 513 g/mol. The summed E-state index contributed by atoms with van der Waals surface area (Å²) in [6.07, 6.45) is 2.93. The first-order valence-electron chi connectivity index (χ1n) is 11.4. The van der Waals surface area contributed by atoms with E-state index in [-0.39, 0.29) is 12.2 Å². The Bertz CT molecular complexity index is 1200. The van der Waals surface area contributed by atoms with Crippen LogP contribution in [0.4, 0.5) is 0 Å². The number of pyridine rings is 1. The average Bonchev–Trinajstić information content (AvgIpc) is 3.39. The zero-order chi connectivity index (χ0) is 23.7. The maximum Gasteiger partial charge on any atom is 0.248 e. The van der Waals surface area contributed by atoms with E-state index >= 15 is 0 Å². The molecular formula is C26H25ClN2O3S2. The quantitative estimate of drug-likeness (QED) is 0.365. The summed E-state index contributed by atoms with van der Waals surface area (Å²) in [6, 6.07) is 14.8. The number of piperidine rings is 1. The topological polar surface area (TPSA) is 59.5 Å². The van der Waals surface area contributed by atoms with Crippen LogP contribution in [0.2, 0.25) is 5.02 Å². The van der Waals surface area contributed by atoms with Crippen LogP contribution in [0.25, 0.3) is 0 Å². The molecule has 2 unspecified atom stereocenters. The van der Waals surface area contributed by atoms with Crippen molar-refractivity contribution in [2.24, 2.45) is 5.92 Å². The lowest BCUT2D eigenvalue weighted by Crippen LogP contribution is -2.54. The van der Waals surface area contributed by atoms with Crippen LogP contribution in [0, 0.1) is 5.92 Å². The highest BCUT2D eigenvalue weighted by Gasteiger charge is 2.53.